The maximum atomic E-state index is 5.64. The first-order valence-corrected chi connectivity index (χ1v) is 6.95. The molecule has 0 atom stereocenters. The molecular weight excluding hydrogens is 218 g/mol. The topological polar surface area (TPSA) is 12.5 Å². The Hall–Kier alpha value is -0.670. The zero-order chi connectivity index (χ0) is 11.1. The lowest BCUT2D eigenvalue weighted by Gasteiger charge is -2.12. The highest BCUT2D eigenvalue weighted by Crippen LogP contribution is 2.18. The minimum Gasteiger partial charge on any atom is -0.494 e. The van der Waals surface area contributed by atoms with E-state index in [1.807, 2.05) is 42.3 Å². The summed E-state index contributed by atoms with van der Waals surface area (Å²) in [5.74, 6) is 2.15. The molecule has 1 heterocycles. The van der Waals surface area contributed by atoms with E-state index >= 15 is 0 Å². The van der Waals surface area contributed by atoms with Gasteiger partial charge in [0.1, 0.15) is 5.75 Å². The summed E-state index contributed by atoms with van der Waals surface area (Å²) in [5, 5.41) is 0. The smallest absolute Gasteiger partial charge is 0.119 e. The van der Waals surface area contributed by atoms with E-state index < -0.39 is 0 Å². The van der Waals surface area contributed by atoms with Gasteiger partial charge in [-0.2, -0.15) is 0 Å². The van der Waals surface area contributed by atoms with Crippen molar-refractivity contribution in [3.8, 4) is 5.75 Å². The zero-order valence-electron chi connectivity index (χ0n) is 9.60. The first-order valence-electron chi connectivity index (χ1n) is 6.01. The highest BCUT2D eigenvalue weighted by molar-refractivity contribution is 7.97. The van der Waals surface area contributed by atoms with Gasteiger partial charge in [-0.1, -0.05) is 30.1 Å². The van der Waals surface area contributed by atoms with Crippen molar-refractivity contribution in [2.24, 2.45) is 0 Å². The second-order valence-electron chi connectivity index (χ2n) is 3.98. The van der Waals surface area contributed by atoms with Crippen LogP contribution in [0.5, 0.6) is 5.75 Å². The van der Waals surface area contributed by atoms with Gasteiger partial charge in [0.15, 0.2) is 0 Å². The Bertz CT molecular complexity index is 285. The Balaban J connectivity index is 1.52. The maximum absolute atomic E-state index is 5.64. The van der Waals surface area contributed by atoms with Gasteiger partial charge in [-0.3, -0.25) is 4.31 Å². The molecule has 1 aliphatic heterocycles. The lowest BCUT2D eigenvalue weighted by molar-refractivity contribution is 0.318. The number of nitrogens with zero attached hydrogens (tertiary/aromatic N) is 1. The third-order valence-electron chi connectivity index (χ3n) is 2.64. The van der Waals surface area contributed by atoms with E-state index in [1.165, 1.54) is 31.7 Å². The highest BCUT2D eigenvalue weighted by Gasteiger charge is 2.10. The van der Waals surface area contributed by atoms with Crippen molar-refractivity contribution in [2.75, 3.05) is 25.4 Å². The van der Waals surface area contributed by atoms with Crippen LogP contribution in [0.3, 0.4) is 0 Å². The predicted octanol–water partition coefficient (Wildman–Crippen LogP) is 3.20. The molecule has 16 heavy (non-hydrogen) atoms. The van der Waals surface area contributed by atoms with Crippen molar-refractivity contribution < 1.29 is 4.74 Å². The summed E-state index contributed by atoms with van der Waals surface area (Å²) in [6, 6.07) is 10.0. The molecule has 0 radical (unpaired) electrons. The van der Waals surface area contributed by atoms with Gasteiger partial charge in [-0.15, -0.1) is 0 Å². The van der Waals surface area contributed by atoms with Gasteiger partial charge in [-0.05, 0) is 31.4 Å². The molecule has 0 N–H and O–H groups in total. The van der Waals surface area contributed by atoms with Crippen LogP contribution in [0, 0.1) is 0 Å². The van der Waals surface area contributed by atoms with E-state index in [2.05, 4.69) is 4.31 Å². The van der Waals surface area contributed by atoms with Crippen molar-refractivity contribution >= 4 is 11.9 Å². The van der Waals surface area contributed by atoms with E-state index in [0.717, 1.165) is 18.8 Å². The summed E-state index contributed by atoms with van der Waals surface area (Å²) in [6.07, 6.45) is 3.86. The Morgan fingerprint density at radius 1 is 1.12 bits per heavy atom. The van der Waals surface area contributed by atoms with Gasteiger partial charge in [0.25, 0.3) is 0 Å². The van der Waals surface area contributed by atoms with Crippen LogP contribution in [0.1, 0.15) is 19.3 Å². The van der Waals surface area contributed by atoms with E-state index in [9.17, 15) is 0 Å². The molecule has 2 rings (SSSR count). The standard InChI is InChI=1S/C13H19NOS/c1-2-7-13(8-3-1)15-11-6-12-16-14-9-4-5-10-14/h1-3,7-8H,4-6,9-12H2. The average molecular weight is 237 g/mol. The van der Waals surface area contributed by atoms with Crippen LogP contribution in [0.4, 0.5) is 0 Å². The van der Waals surface area contributed by atoms with E-state index in [0.29, 0.717) is 0 Å². The molecule has 1 saturated heterocycles. The molecule has 1 aliphatic rings. The van der Waals surface area contributed by atoms with Gasteiger partial charge in [-0.25, -0.2) is 0 Å². The van der Waals surface area contributed by atoms with Crippen LogP contribution in [0.2, 0.25) is 0 Å². The summed E-state index contributed by atoms with van der Waals surface area (Å²) in [5.41, 5.74) is 0. The number of rotatable bonds is 6. The Morgan fingerprint density at radius 2 is 1.88 bits per heavy atom. The minimum atomic E-state index is 0.824. The van der Waals surface area contributed by atoms with Crippen molar-refractivity contribution in [1.29, 1.82) is 0 Å². The lowest BCUT2D eigenvalue weighted by Crippen LogP contribution is -2.11. The van der Waals surface area contributed by atoms with E-state index in [1.54, 1.807) is 0 Å². The van der Waals surface area contributed by atoms with Crippen molar-refractivity contribution in [2.45, 2.75) is 19.3 Å². The molecule has 0 bridgehead atoms. The van der Waals surface area contributed by atoms with Crippen molar-refractivity contribution in [3.63, 3.8) is 0 Å². The number of para-hydroxylation sites is 1. The molecule has 1 aromatic rings. The van der Waals surface area contributed by atoms with E-state index in [4.69, 9.17) is 4.74 Å². The molecule has 3 heteroatoms. The highest BCUT2D eigenvalue weighted by atomic mass is 32.2. The van der Waals surface area contributed by atoms with Crippen molar-refractivity contribution in [3.05, 3.63) is 30.3 Å². The van der Waals surface area contributed by atoms with Crippen LogP contribution in [-0.2, 0) is 0 Å². The van der Waals surface area contributed by atoms with Gasteiger partial charge >= 0.3 is 0 Å². The second-order valence-corrected chi connectivity index (χ2v) is 5.17. The molecular formula is C13H19NOS. The summed E-state index contributed by atoms with van der Waals surface area (Å²) < 4.78 is 8.11. The molecule has 1 aromatic carbocycles. The largest absolute Gasteiger partial charge is 0.494 e. The summed E-state index contributed by atoms with van der Waals surface area (Å²) in [4.78, 5) is 0. The Kier molecular flexibility index (Phi) is 5.03. The number of hydrogen-bond acceptors (Lipinski definition) is 3. The summed E-state index contributed by atoms with van der Waals surface area (Å²) >= 11 is 1.97. The van der Waals surface area contributed by atoms with Crippen LogP contribution in [0.25, 0.3) is 0 Å². The summed E-state index contributed by atoms with van der Waals surface area (Å²) in [7, 11) is 0. The molecule has 0 aromatic heterocycles. The first-order chi connectivity index (χ1) is 7.95. The van der Waals surface area contributed by atoms with Crippen LogP contribution in [-0.4, -0.2) is 29.8 Å². The number of ether oxygens (including phenoxy) is 1. The Labute approximate surface area is 102 Å². The minimum absolute atomic E-state index is 0.824. The second kappa shape index (κ2) is 6.81. The van der Waals surface area contributed by atoms with Gasteiger partial charge in [0.05, 0.1) is 6.61 Å². The van der Waals surface area contributed by atoms with E-state index in [-0.39, 0.29) is 0 Å². The third-order valence-corrected chi connectivity index (χ3v) is 3.84. The fourth-order valence-electron chi connectivity index (χ4n) is 1.78. The monoisotopic (exact) mass is 237 g/mol. The third kappa shape index (κ3) is 4.06. The molecule has 0 spiro atoms. The average Bonchev–Trinajstić information content (AvgIpc) is 2.83. The molecule has 0 aliphatic carbocycles. The Morgan fingerprint density at radius 3 is 2.62 bits per heavy atom. The fraction of sp³-hybridized carbons (Fsp3) is 0.538. The van der Waals surface area contributed by atoms with Gasteiger partial charge < -0.3 is 4.74 Å². The number of hydrogen-bond donors (Lipinski definition) is 0. The normalized spacial score (nSPS) is 16.5. The number of benzene rings is 1. The zero-order valence-corrected chi connectivity index (χ0v) is 10.4. The van der Waals surface area contributed by atoms with Crippen molar-refractivity contribution in [1.82, 2.24) is 4.31 Å². The maximum Gasteiger partial charge on any atom is 0.119 e. The van der Waals surface area contributed by atoms with Gasteiger partial charge in [0.2, 0.25) is 0 Å². The predicted molar refractivity (Wildman–Crippen MR) is 69.8 cm³/mol. The van der Waals surface area contributed by atoms with Crippen LogP contribution in [0.15, 0.2) is 30.3 Å². The quantitative estimate of drug-likeness (QED) is 0.557. The molecule has 0 unspecified atom stereocenters. The molecule has 88 valence electrons. The van der Waals surface area contributed by atoms with Crippen LogP contribution >= 0.6 is 11.9 Å². The molecule has 0 saturated carbocycles. The molecule has 1 fully saturated rings. The molecule has 0 amide bonds. The first kappa shape index (κ1) is 11.8. The summed E-state index contributed by atoms with van der Waals surface area (Å²) in [6.45, 7) is 3.36. The molecule has 2 nitrogen and oxygen atoms in total. The van der Waals surface area contributed by atoms with Crippen LogP contribution < -0.4 is 4.74 Å². The van der Waals surface area contributed by atoms with Gasteiger partial charge in [0, 0.05) is 18.8 Å². The fourth-order valence-corrected chi connectivity index (χ4v) is 2.80. The SMILES string of the molecule is c1ccc(OCCCSN2CCCC2)cc1. The lowest BCUT2D eigenvalue weighted by atomic mass is 10.3.